The molecule has 0 saturated carbocycles. The lowest BCUT2D eigenvalue weighted by molar-refractivity contribution is 0.315. The first-order valence-electron chi connectivity index (χ1n) is 6.04. The van der Waals surface area contributed by atoms with Crippen LogP contribution in [-0.4, -0.2) is 17.1 Å². The highest BCUT2D eigenvalue weighted by Crippen LogP contribution is 2.15. The highest BCUT2D eigenvalue weighted by molar-refractivity contribution is 5.80. The van der Waals surface area contributed by atoms with Crippen molar-refractivity contribution in [3.05, 3.63) is 35.6 Å². The van der Waals surface area contributed by atoms with E-state index in [0.717, 1.165) is 12.0 Å². The second-order valence-electron chi connectivity index (χ2n) is 4.34. The average molecular weight is 253 g/mol. The molecular formula is C13H20FN3O. The fourth-order valence-electron chi connectivity index (χ4n) is 1.84. The molecule has 4 N–H and O–H groups in total. The summed E-state index contributed by atoms with van der Waals surface area (Å²) in [5.41, 5.74) is 6.37. The van der Waals surface area contributed by atoms with Crippen LogP contribution in [0, 0.1) is 5.82 Å². The number of hydrogen-bond acceptors (Lipinski definition) is 3. The molecule has 0 fully saturated rings. The molecule has 1 aromatic rings. The molecule has 0 aliphatic rings. The van der Waals surface area contributed by atoms with Crippen molar-refractivity contribution in [2.75, 3.05) is 0 Å². The van der Waals surface area contributed by atoms with Gasteiger partial charge in [0.05, 0.1) is 0 Å². The van der Waals surface area contributed by atoms with Crippen LogP contribution in [0.1, 0.15) is 38.3 Å². The maximum Gasteiger partial charge on any atom is 0.140 e. The van der Waals surface area contributed by atoms with Crippen molar-refractivity contribution in [1.29, 1.82) is 0 Å². The number of hydrogen-bond donors (Lipinski definition) is 3. The van der Waals surface area contributed by atoms with Crippen LogP contribution in [0.5, 0.6) is 0 Å². The third-order valence-corrected chi connectivity index (χ3v) is 2.91. The fraction of sp³-hybridized carbons (Fsp3) is 0.462. The molecule has 0 spiro atoms. The van der Waals surface area contributed by atoms with Gasteiger partial charge in [-0.25, -0.2) is 4.39 Å². The van der Waals surface area contributed by atoms with E-state index < -0.39 is 0 Å². The molecule has 0 heterocycles. The van der Waals surface area contributed by atoms with Crippen LogP contribution in [0.15, 0.2) is 29.4 Å². The Balaban J connectivity index is 2.64. The molecule has 1 aromatic carbocycles. The van der Waals surface area contributed by atoms with E-state index in [1.165, 1.54) is 12.1 Å². The number of nitrogens with two attached hydrogens (primary N) is 1. The smallest absolute Gasteiger partial charge is 0.140 e. The van der Waals surface area contributed by atoms with Gasteiger partial charge in [-0.1, -0.05) is 24.2 Å². The van der Waals surface area contributed by atoms with Crippen LogP contribution in [0.4, 0.5) is 4.39 Å². The van der Waals surface area contributed by atoms with E-state index in [9.17, 15) is 4.39 Å². The van der Waals surface area contributed by atoms with Crippen LogP contribution >= 0.6 is 0 Å². The lowest BCUT2D eigenvalue weighted by Gasteiger charge is -2.22. The van der Waals surface area contributed by atoms with E-state index in [2.05, 4.69) is 10.5 Å². The van der Waals surface area contributed by atoms with E-state index in [1.807, 2.05) is 19.9 Å². The summed E-state index contributed by atoms with van der Waals surface area (Å²) in [7, 11) is 0. The van der Waals surface area contributed by atoms with E-state index in [4.69, 9.17) is 10.9 Å². The highest BCUT2D eigenvalue weighted by atomic mass is 19.1. The summed E-state index contributed by atoms with van der Waals surface area (Å²) < 4.78 is 13.1. The van der Waals surface area contributed by atoms with E-state index >= 15 is 0 Å². The summed E-state index contributed by atoms with van der Waals surface area (Å²) in [6.45, 7) is 3.98. The van der Waals surface area contributed by atoms with Gasteiger partial charge in [0.1, 0.15) is 11.7 Å². The topological polar surface area (TPSA) is 70.6 Å². The predicted octanol–water partition coefficient (Wildman–Crippen LogP) is 2.39. The van der Waals surface area contributed by atoms with Crippen LogP contribution in [-0.2, 0) is 0 Å². The summed E-state index contributed by atoms with van der Waals surface area (Å²) >= 11 is 0. The number of halogens is 1. The second-order valence-corrected chi connectivity index (χ2v) is 4.34. The van der Waals surface area contributed by atoms with Gasteiger partial charge < -0.3 is 16.3 Å². The van der Waals surface area contributed by atoms with Gasteiger partial charge in [0.15, 0.2) is 0 Å². The first-order chi connectivity index (χ1) is 8.56. The minimum Gasteiger partial charge on any atom is -0.409 e. The third-order valence-electron chi connectivity index (χ3n) is 2.91. The van der Waals surface area contributed by atoms with Gasteiger partial charge >= 0.3 is 0 Å². The SMILES string of the molecule is CCC(C/C(N)=N/O)N[C@@H](C)c1cccc(F)c1. The van der Waals surface area contributed by atoms with Gasteiger partial charge in [0.2, 0.25) is 0 Å². The number of benzene rings is 1. The van der Waals surface area contributed by atoms with E-state index in [0.29, 0.717) is 6.42 Å². The zero-order valence-electron chi connectivity index (χ0n) is 10.7. The Morgan fingerprint density at radius 1 is 1.56 bits per heavy atom. The van der Waals surface area contributed by atoms with E-state index in [1.54, 1.807) is 6.07 Å². The molecule has 0 aliphatic carbocycles. The normalized spacial score (nSPS) is 15.4. The molecular weight excluding hydrogens is 233 g/mol. The monoisotopic (exact) mass is 253 g/mol. The van der Waals surface area contributed by atoms with Gasteiger partial charge in [0.25, 0.3) is 0 Å². The van der Waals surface area contributed by atoms with Crippen LogP contribution in [0.3, 0.4) is 0 Å². The molecule has 2 atom stereocenters. The number of amidine groups is 1. The van der Waals surface area contributed by atoms with Gasteiger partial charge in [-0.3, -0.25) is 0 Å². The van der Waals surface area contributed by atoms with E-state index in [-0.39, 0.29) is 23.7 Å². The first-order valence-corrected chi connectivity index (χ1v) is 6.04. The Morgan fingerprint density at radius 2 is 2.28 bits per heavy atom. The van der Waals surface area contributed by atoms with Gasteiger partial charge in [0, 0.05) is 18.5 Å². The molecule has 1 rings (SSSR count). The minimum atomic E-state index is -0.245. The third kappa shape index (κ3) is 4.33. The maximum atomic E-state index is 13.1. The maximum absolute atomic E-state index is 13.1. The van der Waals surface area contributed by atoms with Crippen molar-refractivity contribution in [3.63, 3.8) is 0 Å². The van der Waals surface area contributed by atoms with Gasteiger partial charge in [-0.05, 0) is 31.0 Å². The quantitative estimate of drug-likeness (QED) is 0.315. The number of nitrogens with one attached hydrogen (secondary N) is 1. The Bertz CT molecular complexity index is 409. The summed E-state index contributed by atoms with van der Waals surface area (Å²) in [6.07, 6.45) is 1.31. The summed E-state index contributed by atoms with van der Waals surface area (Å²) in [5.74, 6) is -0.0496. The van der Waals surface area contributed by atoms with Crippen LogP contribution < -0.4 is 11.1 Å². The largest absolute Gasteiger partial charge is 0.409 e. The van der Waals surface area contributed by atoms with Gasteiger partial charge in [-0.2, -0.15) is 0 Å². The highest BCUT2D eigenvalue weighted by Gasteiger charge is 2.13. The molecule has 4 nitrogen and oxygen atoms in total. The summed E-state index contributed by atoms with van der Waals surface area (Å²) in [5, 5.41) is 14.9. The number of oxime groups is 1. The average Bonchev–Trinajstić information content (AvgIpc) is 2.37. The summed E-state index contributed by atoms with van der Waals surface area (Å²) in [4.78, 5) is 0. The Hall–Kier alpha value is -1.62. The lowest BCUT2D eigenvalue weighted by atomic mass is 10.0. The molecule has 0 radical (unpaired) electrons. The van der Waals surface area contributed by atoms with Crippen molar-refractivity contribution >= 4 is 5.84 Å². The Labute approximate surface area is 107 Å². The molecule has 0 bridgehead atoms. The number of rotatable bonds is 6. The van der Waals surface area contributed by atoms with Crippen LogP contribution in [0.25, 0.3) is 0 Å². The molecule has 5 heteroatoms. The molecule has 100 valence electrons. The van der Waals surface area contributed by atoms with Crippen molar-refractivity contribution in [3.8, 4) is 0 Å². The second kappa shape index (κ2) is 6.96. The van der Waals surface area contributed by atoms with Crippen molar-refractivity contribution in [2.24, 2.45) is 10.9 Å². The standard InChI is InChI=1S/C13H20FN3O/c1-3-12(8-13(15)17-18)16-9(2)10-5-4-6-11(14)7-10/h4-7,9,12,16,18H,3,8H2,1-2H3,(H2,15,17)/t9-,12?/m0/s1. The zero-order chi connectivity index (χ0) is 13.5. The van der Waals surface area contributed by atoms with Crippen molar-refractivity contribution in [2.45, 2.75) is 38.8 Å². The molecule has 0 aromatic heterocycles. The molecule has 0 aliphatic heterocycles. The number of nitrogens with zero attached hydrogens (tertiary/aromatic N) is 1. The first kappa shape index (κ1) is 14.4. The van der Waals surface area contributed by atoms with Gasteiger partial charge in [-0.15, -0.1) is 0 Å². The fourth-order valence-corrected chi connectivity index (χ4v) is 1.84. The zero-order valence-corrected chi connectivity index (χ0v) is 10.7. The van der Waals surface area contributed by atoms with Crippen molar-refractivity contribution < 1.29 is 9.60 Å². The van der Waals surface area contributed by atoms with Crippen LogP contribution in [0.2, 0.25) is 0 Å². The van der Waals surface area contributed by atoms with Crippen molar-refractivity contribution in [1.82, 2.24) is 5.32 Å². The summed E-state index contributed by atoms with van der Waals surface area (Å²) in [6, 6.07) is 6.60. The Kier molecular flexibility index (Phi) is 5.58. The molecule has 1 unspecified atom stereocenters. The molecule has 18 heavy (non-hydrogen) atoms. The Morgan fingerprint density at radius 3 is 2.83 bits per heavy atom. The molecule has 0 amide bonds. The lowest BCUT2D eigenvalue weighted by Crippen LogP contribution is -2.35. The predicted molar refractivity (Wildman–Crippen MR) is 70.1 cm³/mol. The minimum absolute atomic E-state index is 0.0112. The molecule has 0 saturated heterocycles.